The molecule has 18 heavy (non-hydrogen) atoms. The lowest BCUT2D eigenvalue weighted by Gasteiger charge is -2.37. The van der Waals surface area contributed by atoms with Gasteiger partial charge in [-0.3, -0.25) is 4.90 Å². The van der Waals surface area contributed by atoms with Gasteiger partial charge in [0.05, 0.1) is 11.4 Å². The summed E-state index contributed by atoms with van der Waals surface area (Å²) in [7, 11) is 0. The molecule has 1 fully saturated rings. The molecule has 0 bridgehead atoms. The van der Waals surface area contributed by atoms with Crippen LogP contribution in [0.5, 0.6) is 0 Å². The third-order valence-electron chi connectivity index (χ3n) is 4.59. The van der Waals surface area contributed by atoms with Gasteiger partial charge in [0, 0.05) is 32.2 Å². The molecule has 0 spiro atoms. The number of nitrogens with zero attached hydrogens (tertiary/aromatic N) is 3. The summed E-state index contributed by atoms with van der Waals surface area (Å²) in [6.45, 7) is 5.99. The Bertz CT molecular complexity index is 418. The molecule has 4 nitrogen and oxygen atoms in total. The lowest BCUT2D eigenvalue weighted by molar-refractivity contribution is 0.122. The van der Waals surface area contributed by atoms with Crippen molar-refractivity contribution in [2.45, 2.75) is 64.7 Å². The van der Waals surface area contributed by atoms with Crippen molar-refractivity contribution in [2.24, 2.45) is 5.73 Å². The summed E-state index contributed by atoms with van der Waals surface area (Å²) in [6.07, 6.45) is 7.00. The van der Waals surface area contributed by atoms with Gasteiger partial charge in [-0.1, -0.05) is 19.3 Å². The lowest BCUT2D eigenvalue weighted by Crippen LogP contribution is -2.42. The van der Waals surface area contributed by atoms with E-state index in [1.54, 1.807) is 0 Å². The Hall–Kier alpha value is -0.870. The van der Waals surface area contributed by atoms with Gasteiger partial charge in [0.2, 0.25) is 0 Å². The Balaban J connectivity index is 1.79. The second-order valence-electron chi connectivity index (χ2n) is 5.67. The molecule has 0 aromatic carbocycles. The molecule has 100 valence electrons. The van der Waals surface area contributed by atoms with Crippen LogP contribution in [-0.2, 0) is 19.6 Å². The van der Waals surface area contributed by atoms with Crippen LogP contribution in [0.4, 0.5) is 0 Å². The van der Waals surface area contributed by atoms with Crippen molar-refractivity contribution in [3.8, 4) is 0 Å². The highest BCUT2D eigenvalue weighted by atomic mass is 15.2. The van der Waals surface area contributed by atoms with E-state index in [1.807, 2.05) is 0 Å². The first-order valence-electron chi connectivity index (χ1n) is 7.28. The Morgan fingerprint density at radius 1 is 1.22 bits per heavy atom. The lowest BCUT2D eigenvalue weighted by atomic mass is 9.93. The highest BCUT2D eigenvalue weighted by molar-refractivity contribution is 5.18. The van der Waals surface area contributed by atoms with E-state index in [-0.39, 0.29) is 0 Å². The molecule has 0 amide bonds. The first kappa shape index (κ1) is 12.2. The number of fused-ring (bicyclic) bond motifs is 1. The van der Waals surface area contributed by atoms with Crippen molar-refractivity contribution < 1.29 is 0 Å². The fourth-order valence-electron chi connectivity index (χ4n) is 3.57. The van der Waals surface area contributed by atoms with E-state index in [0.717, 1.165) is 30.6 Å². The quantitative estimate of drug-likeness (QED) is 0.868. The third-order valence-corrected chi connectivity index (χ3v) is 4.59. The molecular weight excluding hydrogens is 224 g/mol. The summed E-state index contributed by atoms with van der Waals surface area (Å²) in [6, 6.07) is 0.799. The average Bonchev–Trinajstić information content (AvgIpc) is 2.76. The van der Waals surface area contributed by atoms with E-state index in [0.29, 0.717) is 6.54 Å². The van der Waals surface area contributed by atoms with E-state index in [2.05, 4.69) is 21.4 Å². The van der Waals surface area contributed by atoms with Gasteiger partial charge >= 0.3 is 0 Å². The average molecular weight is 248 g/mol. The van der Waals surface area contributed by atoms with Crippen LogP contribution in [0.2, 0.25) is 0 Å². The van der Waals surface area contributed by atoms with Gasteiger partial charge < -0.3 is 10.3 Å². The minimum atomic E-state index is 0.571. The molecule has 1 aromatic heterocycles. The minimum Gasteiger partial charge on any atom is -0.329 e. The maximum atomic E-state index is 5.82. The molecule has 1 aliphatic carbocycles. The zero-order chi connectivity index (χ0) is 12.5. The zero-order valence-electron chi connectivity index (χ0n) is 11.4. The van der Waals surface area contributed by atoms with Gasteiger partial charge in [0.15, 0.2) is 0 Å². The van der Waals surface area contributed by atoms with Gasteiger partial charge in [0.1, 0.15) is 5.82 Å². The molecule has 0 saturated heterocycles. The van der Waals surface area contributed by atoms with Gasteiger partial charge in [-0.2, -0.15) is 0 Å². The molecule has 0 radical (unpaired) electrons. The molecule has 1 aromatic rings. The molecule has 4 heteroatoms. The highest BCUT2D eigenvalue weighted by Gasteiger charge is 2.27. The molecule has 2 N–H and O–H groups in total. The van der Waals surface area contributed by atoms with Crippen LogP contribution in [0.1, 0.15) is 49.3 Å². The topological polar surface area (TPSA) is 47.1 Å². The van der Waals surface area contributed by atoms with Crippen LogP contribution in [0.15, 0.2) is 0 Å². The standard InChI is InChI=1S/C14H24N4/c1-11-16-13(9-15)14-10-17(7-8-18(11)14)12-5-3-2-4-6-12/h12H,2-10,15H2,1H3. The Morgan fingerprint density at radius 2 is 2.00 bits per heavy atom. The first-order chi connectivity index (χ1) is 8.79. The third kappa shape index (κ3) is 2.08. The number of aromatic nitrogens is 2. The summed E-state index contributed by atoms with van der Waals surface area (Å²) in [5.74, 6) is 1.13. The van der Waals surface area contributed by atoms with Crippen molar-refractivity contribution in [1.29, 1.82) is 0 Å². The molecule has 0 atom stereocenters. The number of nitrogens with two attached hydrogens (primary N) is 1. The van der Waals surface area contributed by atoms with Crippen molar-refractivity contribution in [3.05, 3.63) is 17.2 Å². The van der Waals surface area contributed by atoms with Gasteiger partial charge in [-0.25, -0.2) is 4.98 Å². The monoisotopic (exact) mass is 248 g/mol. The van der Waals surface area contributed by atoms with Crippen LogP contribution in [0.3, 0.4) is 0 Å². The van der Waals surface area contributed by atoms with Crippen LogP contribution in [0.25, 0.3) is 0 Å². The van der Waals surface area contributed by atoms with Gasteiger partial charge in [0.25, 0.3) is 0 Å². The number of hydrogen-bond donors (Lipinski definition) is 1. The van der Waals surface area contributed by atoms with Crippen LogP contribution >= 0.6 is 0 Å². The van der Waals surface area contributed by atoms with Crippen LogP contribution < -0.4 is 5.73 Å². The van der Waals surface area contributed by atoms with Crippen molar-refractivity contribution >= 4 is 0 Å². The second kappa shape index (κ2) is 5.02. The molecule has 2 aliphatic rings. The normalized spacial score (nSPS) is 22.1. The van der Waals surface area contributed by atoms with E-state index < -0.39 is 0 Å². The summed E-state index contributed by atoms with van der Waals surface area (Å²) >= 11 is 0. The largest absolute Gasteiger partial charge is 0.329 e. The predicted molar refractivity (Wildman–Crippen MR) is 72.1 cm³/mol. The Kier molecular flexibility index (Phi) is 3.39. The maximum Gasteiger partial charge on any atom is 0.106 e. The fourth-order valence-corrected chi connectivity index (χ4v) is 3.57. The molecule has 0 unspecified atom stereocenters. The molecular formula is C14H24N4. The summed E-state index contributed by atoms with van der Waals surface area (Å²) < 4.78 is 2.36. The maximum absolute atomic E-state index is 5.82. The number of hydrogen-bond acceptors (Lipinski definition) is 3. The Labute approximate surface area is 109 Å². The Morgan fingerprint density at radius 3 is 2.72 bits per heavy atom. The SMILES string of the molecule is Cc1nc(CN)c2n1CCN(C1CCCCC1)C2. The predicted octanol–water partition coefficient (Wildman–Crippen LogP) is 1.80. The van der Waals surface area contributed by atoms with Crippen LogP contribution in [-0.4, -0.2) is 27.0 Å². The molecule has 3 rings (SSSR count). The van der Waals surface area contributed by atoms with Gasteiger partial charge in [-0.05, 0) is 19.8 Å². The minimum absolute atomic E-state index is 0.571. The summed E-state index contributed by atoms with van der Waals surface area (Å²) in [5.41, 5.74) is 8.29. The first-order valence-corrected chi connectivity index (χ1v) is 7.28. The van der Waals surface area contributed by atoms with E-state index in [1.165, 1.54) is 44.3 Å². The van der Waals surface area contributed by atoms with Crippen molar-refractivity contribution in [2.75, 3.05) is 6.54 Å². The summed E-state index contributed by atoms with van der Waals surface area (Å²) in [5, 5.41) is 0. The van der Waals surface area contributed by atoms with Crippen molar-refractivity contribution in [1.82, 2.24) is 14.5 Å². The molecule has 1 aliphatic heterocycles. The van der Waals surface area contributed by atoms with E-state index >= 15 is 0 Å². The van der Waals surface area contributed by atoms with E-state index in [4.69, 9.17) is 5.73 Å². The summed E-state index contributed by atoms with van der Waals surface area (Å²) in [4.78, 5) is 7.26. The number of rotatable bonds is 2. The smallest absolute Gasteiger partial charge is 0.106 e. The highest BCUT2D eigenvalue weighted by Crippen LogP contribution is 2.27. The fraction of sp³-hybridized carbons (Fsp3) is 0.786. The van der Waals surface area contributed by atoms with Crippen molar-refractivity contribution in [3.63, 3.8) is 0 Å². The second-order valence-corrected chi connectivity index (χ2v) is 5.67. The zero-order valence-corrected chi connectivity index (χ0v) is 11.4. The van der Waals surface area contributed by atoms with Crippen LogP contribution in [0, 0.1) is 6.92 Å². The number of aryl methyl sites for hydroxylation is 1. The molecule has 2 heterocycles. The number of imidazole rings is 1. The van der Waals surface area contributed by atoms with Gasteiger partial charge in [-0.15, -0.1) is 0 Å². The van der Waals surface area contributed by atoms with E-state index in [9.17, 15) is 0 Å². The molecule has 1 saturated carbocycles.